The second kappa shape index (κ2) is 8.07. The van der Waals surface area contributed by atoms with Crippen LogP contribution in [0.4, 0.5) is 5.69 Å². The van der Waals surface area contributed by atoms with E-state index in [0.717, 1.165) is 22.9 Å². The van der Waals surface area contributed by atoms with Crippen LogP contribution in [0.5, 0.6) is 17.2 Å². The summed E-state index contributed by atoms with van der Waals surface area (Å²) in [6, 6.07) is 13.7. The number of anilines is 1. The summed E-state index contributed by atoms with van der Waals surface area (Å²) in [5, 5.41) is 6.91. The Balaban J connectivity index is 1.47. The van der Waals surface area contributed by atoms with Crippen LogP contribution in [0.3, 0.4) is 0 Å². The van der Waals surface area contributed by atoms with E-state index in [0.29, 0.717) is 24.9 Å². The fourth-order valence-corrected chi connectivity index (χ4v) is 2.73. The Kier molecular flexibility index (Phi) is 5.60. The largest absolute Gasteiger partial charge is 0.491 e. The molecule has 0 aliphatic carbocycles. The van der Waals surface area contributed by atoms with Gasteiger partial charge in [-0.15, -0.1) is 0 Å². The van der Waals surface area contributed by atoms with Crippen LogP contribution in [0.15, 0.2) is 42.5 Å². The summed E-state index contributed by atoms with van der Waals surface area (Å²) in [6.45, 7) is 5.73. The fraction of sp³-hybridized carbons (Fsp3) is 0.316. The molecule has 132 valence electrons. The molecule has 0 spiro atoms. The van der Waals surface area contributed by atoms with Gasteiger partial charge < -0.3 is 24.8 Å². The van der Waals surface area contributed by atoms with Crippen molar-refractivity contribution >= 4 is 23.0 Å². The van der Waals surface area contributed by atoms with Crippen molar-refractivity contribution in [2.75, 3.05) is 25.1 Å². The number of rotatable bonds is 5. The number of nitrogens with one attached hydrogen (secondary N) is 2. The minimum atomic E-state index is 0.0681. The highest BCUT2D eigenvalue weighted by Gasteiger charge is 2.12. The summed E-state index contributed by atoms with van der Waals surface area (Å²) in [5.74, 6) is 2.34. The third kappa shape index (κ3) is 5.00. The molecule has 0 saturated heterocycles. The molecular weight excluding hydrogens is 336 g/mol. The first-order chi connectivity index (χ1) is 12.1. The van der Waals surface area contributed by atoms with Gasteiger partial charge in [-0.3, -0.25) is 0 Å². The topological polar surface area (TPSA) is 51.8 Å². The Morgan fingerprint density at radius 3 is 2.60 bits per heavy atom. The highest BCUT2D eigenvalue weighted by Crippen LogP contribution is 2.32. The van der Waals surface area contributed by atoms with Crippen LogP contribution in [-0.4, -0.2) is 31.0 Å². The summed E-state index contributed by atoms with van der Waals surface area (Å²) >= 11 is 5.37. The quantitative estimate of drug-likeness (QED) is 0.798. The van der Waals surface area contributed by atoms with E-state index in [1.165, 1.54) is 5.56 Å². The number of thiocarbonyl (C=S) groups is 1. The normalized spacial score (nSPS) is 13.7. The van der Waals surface area contributed by atoms with Gasteiger partial charge in [0, 0.05) is 11.8 Å². The predicted molar refractivity (Wildman–Crippen MR) is 103 cm³/mol. The lowest BCUT2D eigenvalue weighted by atomic mass is 10.2. The van der Waals surface area contributed by atoms with E-state index in [2.05, 4.69) is 17.6 Å². The van der Waals surface area contributed by atoms with E-state index >= 15 is 0 Å². The zero-order valence-corrected chi connectivity index (χ0v) is 15.2. The van der Waals surface area contributed by atoms with Gasteiger partial charge in [-0.25, -0.2) is 0 Å². The molecule has 0 radical (unpaired) electrons. The zero-order chi connectivity index (χ0) is 17.6. The first kappa shape index (κ1) is 17.4. The van der Waals surface area contributed by atoms with E-state index in [9.17, 15) is 0 Å². The zero-order valence-electron chi connectivity index (χ0n) is 14.4. The molecular formula is C19H22N2O3S. The van der Waals surface area contributed by atoms with E-state index in [1.54, 1.807) is 0 Å². The van der Waals surface area contributed by atoms with Crippen molar-refractivity contribution in [3.05, 3.63) is 48.0 Å². The highest BCUT2D eigenvalue weighted by atomic mass is 32.1. The third-order valence-corrected chi connectivity index (χ3v) is 3.92. The van der Waals surface area contributed by atoms with Crippen LogP contribution in [0.25, 0.3) is 0 Å². The van der Waals surface area contributed by atoms with Crippen LogP contribution in [0.1, 0.15) is 12.5 Å². The van der Waals surface area contributed by atoms with Crippen molar-refractivity contribution in [3.63, 3.8) is 0 Å². The van der Waals surface area contributed by atoms with Gasteiger partial charge >= 0.3 is 0 Å². The number of benzene rings is 2. The molecule has 6 heteroatoms. The lowest BCUT2D eigenvalue weighted by molar-refractivity contribution is 0.171. The van der Waals surface area contributed by atoms with Crippen LogP contribution < -0.4 is 24.8 Å². The maximum Gasteiger partial charge on any atom is 0.171 e. The van der Waals surface area contributed by atoms with Gasteiger partial charge in [0.15, 0.2) is 16.6 Å². The lowest BCUT2D eigenvalue weighted by Crippen LogP contribution is -2.39. The van der Waals surface area contributed by atoms with Gasteiger partial charge in [-0.05, 0) is 50.3 Å². The Labute approximate surface area is 153 Å². The standard InChI is InChI=1S/C19H22N2O3S/c1-13-3-6-16(7-4-13)24-12-14(2)20-19(25)21-15-5-8-17-18(11-15)23-10-9-22-17/h3-8,11,14H,9-10,12H2,1-2H3,(H2,20,21,25)/t14-/m0/s1. The van der Waals surface area contributed by atoms with Gasteiger partial charge in [0.25, 0.3) is 0 Å². The molecule has 0 aromatic heterocycles. The second-order valence-corrected chi connectivity index (χ2v) is 6.39. The molecule has 2 aromatic carbocycles. The maximum absolute atomic E-state index is 5.76. The minimum Gasteiger partial charge on any atom is -0.491 e. The molecule has 3 rings (SSSR count). The highest BCUT2D eigenvalue weighted by molar-refractivity contribution is 7.80. The number of fused-ring (bicyclic) bond motifs is 1. The van der Waals surface area contributed by atoms with Crippen LogP contribution >= 0.6 is 12.2 Å². The summed E-state index contributed by atoms with van der Waals surface area (Å²) < 4.78 is 16.8. The molecule has 5 nitrogen and oxygen atoms in total. The molecule has 1 atom stereocenters. The third-order valence-electron chi connectivity index (χ3n) is 3.70. The van der Waals surface area contributed by atoms with Gasteiger partial charge in [0.1, 0.15) is 25.6 Å². The number of hydrogen-bond donors (Lipinski definition) is 2. The molecule has 0 unspecified atom stereocenters. The van der Waals surface area contributed by atoms with E-state index in [1.807, 2.05) is 49.4 Å². The van der Waals surface area contributed by atoms with Crippen molar-refractivity contribution in [1.82, 2.24) is 5.32 Å². The average molecular weight is 358 g/mol. The second-order valence-electron chi connectivity index (χ2n) is 5.98. The van der Waals surface area contributed by atoms with Crippen LogP contribution in [-0.2, 0) is 0 Å². The molecule has 0 amide bonds. The Bertz CT molecular complexity index is 734. The van der Waals surface area contributed by atoms with Gasteiger partial charge in [-0.1, -0.05) is 17.7 Å². The smallest absolute Gasteiger partial charge is 0.171 e. The van der Waals surface area contributed by atoms with Gasteiger partial charge in [-0.2, -0.15) is 0 Å². The van der Waals surface area contributed by atoms with Crippen molar-refractivity contribution in [1.29, 1.82) is 0 Å². The first-order valence-electron chi connectivity index (χ1n) is 8.27. The molecule has 0 fully saturated rings. The van der Waals surface area contributed by atoms with Crippen LogP contribution in [0.2, 0.25) is 0 Å². The molecule has 25 heavy (non-hydrogen) atoms. The SMILES string of the molecule is Cc1ccc(OC[C@H](C)NC(=S)Nc2ccc3c(c2)OCCO3)cc1. The summed E-state index contributed by atoms with van der Waals surface area (Å²) in [4.78, 5) is 0. The minimum absolute atomic E-state index is 0.0681. The summed E-state index contributed by atoms with van der Waals surface area (Å²) in [5.41, 5.74) is 2.07. The van der Waals surface area contributed by atoms with E-state index < -0.39 is 0 Å². The summed E-state index contributed by atoms with van der Waals surface area (Å²) in [7, 11) is 0. The van der Waals surface area contributed by atoms with Crippen molar-refractivity contribution in [2.45, 2.75) is 19.9 Å². The molecule has 1 aliphatic rings. The van der Waals surface area contributed by atoms with Crippen LogP contribution in [0, 0.1) is 6.92 Å². The maximum atomic E-state index is 5.76. The van der Waals surface area contributed by atoms with Crippen molar-refractivity contribution < 1.29 is 14.2 Å². The lowest BCUT2D eigenvalue weighted by Gasteiger charge is -2.20. The Morgan fingerprint density at radius 1 is 1.12 bits per heavy atom. The molecule has 2 aromatic rings. The van der Waals surface area contributed by atoms with E-state index in [-0.39, 0.29) is 6.04 Å². The van der Waals surface area contributed by atoms with Gasteiger partial charge in [0.2, 0.25) is 0 Å². The average Bonchev–Trinajstić information content (AvgIpc) is 2.61. The van der Waals surface area contributed by atoms with E-state index in [4.69, 9.17) is 26.4 Å². The fourth-order valence-electron chi connectivity index (χ4n) is 2.41. The molecule has 2 N–H and O–H groups in total. The number of ether oxygens (including phenoxy) is 3. The molecule has 1 heterocycles. The Hall–Kier alpha value is -2.47. The molecule has 0 bridgehead atoms. The monoisotopic (exact) mass is 358 g/mol. The first-order valence-corrected chi connectivity index (χ1v) is 8.67. The van der Waals surface area contributed by atoms with Gasteiger partial charge in [0.05, 0.1) is 6.04 Å². The molecule has 1 aliphatic heterocycles. The van der Waals surface area contributed by atoms with Crippen molar-refractivity contribution in [2.24, 2.45) is 0 Å². The Morgan fingerprint density at radius 2 is 1.84 bits per heavy atom. The summed E-state index contributed by atoms with van der Waals surface area (Å²) in [6.07, 6.45) is 0. The van der Waals surface area contributed by atoms with Crippen molar-refractivity contribution in [3.8, 4) is 17.2 Å². The number of hydrogen-bond acceptors (Lipinski definition) is 4. The predicted octanol–water partition coefficient (Wildman–Crippen LogP) is 3.52. The number of aryl methyl sites for hydroxylation is 1. The molecule has 0 saturated carbocycles.